The summed E-state index contributed by atoms with van der Waals surface area (Å²) in [5, 5.41) is 4.43. The van der Waals surface area contributed by atoms with Crippen molar-refractivity contribution >= 4 is 33.0 Å². The molecule has 0 saturated heterocycles. The number of para-hydroxylation sites is 2. The van der Waals surface area contributed by atoms with Gasteiger partial charge in [0.05, 0.1) is 0 Å². The molecule has 1 aliphatic rings. The predicted octanol–water partition coefficient (Wildman–Crippen LogP) is 1.85. The van der Waals surface area contributed by atoms with E-state index < -0.39 is 27.3 Å². The van der Waals surface area contributed by atoms with Crippen LogP contribution in [0.15, 0.2) is 95.2 Å². The lowest BCUT2D eigenvalue weighted by molar-refractivity contribution is -0.382. The standard InChI is InChI=1S/C22H15N3O5S/c26-21-15-10-4-5-11-16(15)22(27)20(19(21)23-14-8-2-1-3-9-14)25-31(29,30)18-13-7-6-12-17(18)24-28/h1-13,23,25H/p+1. The normalized spacial score (nSPS) is 13.5. The van der Waals surface area contributed by atoms with Crippen LogP contribution in [0.25, 0.3) is 0 Å². The highest BCUT2D eigenvalue weighted by Crippen LogP contribution is 2.28. The van der Waals surface area contributed by atoms with Gasteiger partial charge >= 0.3 is 0 Å². The lowest BCUT2D eigenvalue weighted by Gasteiger charge is -2.22. The zero-order valence-corrected chi connectivity index (χ0v) is 16.8. The minimum atomic E-state index is -4.37. The third-order valence-corrected chi connectivity index (χ3v) is 6.09. The lowest BCUT2D eigenvalue weighted by atomic mass is 9.90. The van der Waals surface area contributed by atoms with Gasteiger partial charge in [-0.1, -0.05) is 54.6 Å². The predicted molar refractivity (Wildman–Crippen MR) is 113 cm³/mol. The number of fused-ring (bicyclic) bond motifs is 1. The second-order valence-corrected chi connectivity index (χ2v) is 8.30. The quantitative estimate of drug-likeness (QED) is 0.544. The number of carbonyl (C=O) groups excluding carboxylic acids is 2. The number of hydrogen-bond acceptors (Lipinski definition) is 6. The molecule has 0 aromatic heterocycles. The molecule has 0 fully saturated rings. The summed E-state index contributed by atoms with van der Waals surface area (Å²) in [7, 11) is -4.37. The molecule has 9 heteroatoms. The average molecular weight is 434 g/mol. The number of hydrogen-bond donors (Lipinski definition) is 3. The Bertz CT molecular complexity index is 1350. The third-order valence-electron chi connectivity index (χ3n) is 4.69. The monoisotopic (exact) mass is 434 g/mol. The number of ketones is 2. The van der Waals surface area contributed by atoms with Gasteiger partial charge in [0.15, 0.2) is 4.90 Å². The molecule has 1 aliphatic carbocycles. The summed E-state index contributed by atoms with van der Waals surface area (Å²) in [5.74, 6) is -1.20. The van der Waals surface area contributed by atoms with Crippen LogP contribution in [-0.2, 0) is 10.0 Å². The number of sulfonamides is 1. The number of nitroso groups, excluding NO2 is 1. The maximum absolute atomic E-state index is 13.2. The molecule has 0 radical (unpaired) electrons. The molecule has 3 aromatic rings. The van der Waals surface area contributed by atoms with Crippen molar-refractivity contribution < 1.29 is 23.2 Å². The van der Waals surface area contributed by atoms with Crippen molar-refractivity contribution in [3.8, 4) is 0 Å². The van der Waals surface area contributed by atoms with Crippen LogP contribution in [0.5, 0.6) is 0 Å². The summed E-state index contributed by atoms with van der Waals surface area (Å²) in [6.07, 6.45) is 0. The molecule has 0 atom stereocenters. The maximum atomic E-state index is 13.2. The van der Waals surface area contributed by atoms with Crippen LogP contribution in [-0.4, -0.2) is 20.0 Å². The Morgan fingerprint density at radius 1 is 0.677 bits per heavy atom. The number of rotatable bonds is 6. The van der Waals surface area contributed by atoms with E-state index in [-0.39, 0.29) is 27.4 Å². The minimum absolute atomic E-state index is 0.0825. The van der Waals surface area contributed by atoms with E-state index in [0.29, 0.717) is 5.69 Å². The highest BCUT2D eigenvalue weighted by atomic mass is 32.2. The Hall–Kier alpha value is -4.11. The zero-order chi connectivity index (χ0) is 22.0. The first-order chi connectivity index (χ1) is 14.9. The lowest BCUT2D eigenvalue weighted by Crippen LogP contribution is -2.57. The Balaban J connectivity index is 1.86. The number of carbonyl (C=O) groups is 2. The second kappa shape index (κ2) is 7.96. The van der Waals surface area contributed by atoms with Crippen LogP contribution < -0.4 is 15.2 Å². The Labute approximate surface area is 177 Å². The van der Waals surface area contributed by atoms with Crippen molar-refractivity contribution in [2.75, 3.05) is 5.32 Å². The number of benzene rings is 3. The number of anilines is 1. The van der Waals surface area contributed by atoms with Crippen LogP contribution in [0, 0.1) is 4.91 Å². The van der Waals surface area contributed by atoms with Crippen molar-refractivity contribution in [3.05, 3.63) is 106 Å². The Morgan fingerprint density at radius 2 is 1.23 bits per heavy atom. The fraction of sp³-hybridized carbons (Fsp3) is 0. The number of Topliss-reactive ketones (excluding diaryl/α,β-unsaturated/α-hetero) is 2. The molecule has 154 valence electrons. The highest BCUT2D eigenvalue weighted by Gasteiger charge is 2.36. The van der Waals surface area contributed by atoms with E-state index in [9.17, 15) is 22.9 Å². The molecule has 0 saturated carbocycles. The van der Waals surface area contributed by atoms with Gasteiger partial charge in [-0.15, -0.1) is 0 Å². The van der Waals surface area contributed by atoms with Crippen molar-refractivity contribution in [2.45, 2.75) is 4.90 Å². The molecule has 0 aliphatic heterocycles. The summed E-state index contributed by atoms with van der Waals surface area (Å²) < 4.78 is 28.3. The summed E-state index contributed by atoms with van der Waals surface area (Å²) in [6, 6.07) is 20.2. The first-order valence-corrected chi connectivity index (χ1v) is 10.7. The third kappa shape index (κ3) is 3.74. The van der Waals surface area contributed by atoms with Crippen LogP contribution in [0.3, 0.4) is 0 Å². The fourth-order valence-corrected chi connectivity index (χ4v) is 4.46. The van der Waals surface area contributed by atoms with Gasteiger partial charge in [0.25, 0.3) is 15.7 Å². The Morgan fingerprint density at radius 3 is 1.87 bits per heavy atom. The van der Waals surface area contributed by atoms with Crippen LogP contribution in [0.1, 0.15) is 20.7 Å². The van der Waals surface area contributed by atoms with Crippen LogP contribution in [0.2, 0.25) is 0 Å². The molecule has 31 heavy (non-hydrogen) atoms. The summed E-state index contributed by atoms with van der Waals surface area (Å²) in [4.78, 5) is 37.2. The van der Waals surface area contributed by atoms with Gasteiger partial charge in [-0.25, -0.2) is 8.42 Å². The number of nitrogens with one attached hydrogen (secondary N) is 3. The van der Waals surface area contributed by atoms with Crippen LogP contribution in [0.4, 0.5) is 11.4 Å². The van der Waals surface area contributed by atoms with Gasteiger partial charge in [0, 0.05) is 33.0 Å². The molecule has 0 heterocycles. The minimum Gasteiger partial charge on any atom is -0.350 e. The molecule has 3 aromatic carbocycles. The van der Waals surface area contributed by atoms with Crippen molar-refractivity contribution in [1.29, 1.82) is 0 Å². The van der Waals surface area contributed by atoms with E-state index in [1.807, 2.05) is 0 Å². The van der Waals surface area contributed by atoms with Gasteiger partial charge in [0.1, 0.15) is 11.4 Å². The largest absolute Gasteiger partial charge is 0.350 e. The van der Waals surface area contributed by atoms with E-state index in [1.54, 1.807) is 47.6 Å². The molecule has 0 spiro atoms. The van der Waals surface area contributed by atoms with Crippen molar-refractivity contribution in [2.24, 2.45) is 0 Å². The van der Waals surface area contributed by atoms with Gasteiger partial charge in [-0.3, -0.25) is 14.3 Å². The topological polar surface area (TPSA) is 123 Å². The summed E-state index contributed by atoms with van der Waals surface area (Å²) in [5.41, 5.74) is -0.0756. The summed E-state index contributed by atoms with van der Waals surface area (Å²) in [6.45, 7) is 0. The van der Waals surface area contributed by atoms with E-state index >= 15 is 0 Å². The zero-order valence-electron chi connectivity index (χ0n) is 16.0. The van der Waals surface area contributed by atoms with E-state index in [0.717, 1.165) is 0 Å². The van der Waals surface area contributed by atoms with E-state index in [2.05, 4.69) is 10.0 Å². The van der Waals surface area contributed by atoms with Crippen LogP contribution >= 0.6 is 0 Å². The molecule has 3 N–H and O–H groups in total. The van der Waals surface area contributed by atoms with Gasteiger partial charge in [-0.2, -0.15) is 0 Å². The first kappa shape index (κ1) is 20.2. The summed E-state index contributed by atoms with van der Waals surface area (Å²) >= 11 is 0. The molecule has 0 unspecified atom stereocenters. The maximum Gasteiger partial charge on any atom is 0.273 e. The molecule has 0 bridgehead atoms. The first-order valence-electron chi connectivity index (χ1n) is 9.17. The highest BCUT2D eigenvalue weighted by molar-refractivity contribution is 7.89. The second-order valence-electron chi connectivity index (χ2n) is 6.65. The number of allylic oxidation sites excluding steroid dienone is 2. The molecule has 0 amide bonds. The van der Waals surface area contributed by atoms with Crippen molar-refractivity contribution in [1.82, 2.24) is 4.72 Å². The van der Waals surface area contributed by atoms with Gasteiger partial charge in [0.2, 0.25) is 11.6 Å². The van der Waals surface area contributed by atoms with Gasteiger partial charge < -0.3 is 5.32 Å². The smallest absolute Gasteiger partial charge is 0.273 e. The molecule has 8 nitrogen and oxygen atoms in total. The molecular weight excluding hydrogens is 418 g/mol. The SMILES string of the molecule is O=[NH+]c1ccccc1S(=O)(=O)NC1=C(Nc2ccccc2)C(=O)c2ccccc2C1=O. The average Bonchev–Trinajstić information content (AvgIpc) is 2.80. The van der Waals surface area contributed by atoms with E-state index in [4.69, 9.17) is 0 Å². The fourth-order valence-electron chi connectivity index (χ4n) is 3.23. The molecular formula is C22H16N3O5S+. The Kier molecular flexibility index (Phi) is 5.18. The van der Waals surface area contributed by atoms with E-state index in [1.165, 1.54) is 36.4 Å². The van der Waals surface area contributed by atoms with Crippen molar-refractivity contribution in [3.63, 3.8) is 0 Å². The molecule has 4 rings (SSSR count). The van der Waals surface area contributed by atoms with Gasteiger partial charge in [-0.05, 0) is 18.2 Å².